The Balaban J connectivity index is 2.10. The van der Waals surface area contributed by atoms with Crippen LogP contribution in [0.3, 0.4) is 0 Å². The Morgan fingerprint density at radius 2 is 2.00 bits per heavy atom. The smallest absolute Gasteiger partial charge is 0.310 e. The van der Waals surface area contributed by atoms with Crippen molar-refractivity contribution in [3.8, 4) is 0 Å². The van der Waals surface area contributed by atoms with Gasteiger partial charge in [0.05, 0.1) is 11.5 Å². The van der Waals surface area contributed by atoms with Gasteiger partial charge >= 0.3 is 5.97 Å². The first-order valence-corrected chi connectivity index (χ1v) is 7.47. The Morgan fingerprint density at radius 1 is 1.33 bits per heavy atom. The van der Waals surface area contributed by atoms with Gasteiger partial charge in [-0.25, -0.2) is 0 Å². The summed E-state index contributed by atoms with van der Waals surface area (Å²) in [4.78, 5) is 11.5. The van der Waals surface area contributed by atoms with E-state index in [2.05, 4.69) is 5.32 Å². The molecule has 0 aliphatic heterocycles. The van der Waals surface area contributed by atoms with Crippen molar-refractivity contribution in [1.29, 1.82) is 0 Å². The first kappa shape index (κ1) is 15.6. The zero-order valence-corrected chi connectivity index (χ0v) is 12.8. The molecule has 0 saturated heterocycles. The molecule has 0 saturated carbocycles. The SMILES string of the molecule is CCC(CC)(CNC(C)c1cc2ccccc2o1)C(=O)O. The molecule has 0 aliphatic carbocycles. The van der Waals surface area contributed by atoms with Crippen LogP contribution in [0, 0.1) is 5.41 Å². The number of aliphatic carboxylic acids is 1. The molecule has 0 radical (unpaired) electrons. The molecule has 0 aliphatic rings. The van der Waals surface area contributed by atoms with Gasteiger partial charge in [0.25, 0.3) is 0 Å². The number of rotatable bonds is 7. The molecule has 1 atom stereocenters. The summed E-state index contributed by atoms with van der Waals surface area (Å²) >= 11 is 0. The standard InChI is InChI=1S/C17H23NO3/c1-4-17(5-2,16(19)20)11-18-12(3)15-10-13-8-6-7-9-14(13)21-15/h6-10,12,18H,4-5,11H2,1-3H3,(H,19,20). The van der Waals surface area contributed by atoms with Gasteiger partial charge < -0.3 is 14.8 Å². The summed E-state index contributed by atoms with van der Waals surface area (Å²) in [6.07, 6.45) is 1.22. The van der Waals surface area contributed by atoms with Crippen molar-refractivity contribution >= 4 is 16.9 Å². The van der Waals surface area contributed by atoms with E-state index < -0.39 is 11.4 Å². The van der Waals surface area contributed by atoms with Crippen LogP contribution >= 0.6 is 0 Å². The molecule has 1 heterocycles. The van der Waals surface area contributed by atoms with Crippen LogP contribution in [-0.4, -0.2) is 17.6 Å². The lowest BCUT2D eigenvalue weighted by Gasteiger charge is -2.28. The van der Waals surface area contributed by atoms with Gasteiger partial charge in [-0.1, -0.05) is 32.0 Å². The van der Waals surface area contributed by atoms with Gasteiger partial charge in [0, 0.05) is 11.9 Å². The van der Waals surface area contributed by atoms with Gasteiger partial charge in [-0.05, 0) is 31.9 Å². The molecule has 0 bridgehead atoms. The predicted molar refractivity (Wildman–Crippen MR) is 83.3 cm³/mol. The quantitative estimate of drug-likeness (QED) is 0.809. The van der Waals surface area contributed by atoms with Crippen LogP contribution in [0.4, 0.5) is 0 Å². The molecule has 0 amide bonds. The van der Waals surface area contributed by atoms with Gasteiger partial charge in [-0.3, -0.25) is 4.79 Å². The lowest BCUT2D eigenvalue weighted by molar-refractivity contribution is -0.149. The van der Waals surface area contributed by atoms with E-state index in [1.54, 1.807) is 0 Å². The lowest BCUT2D eigenvalue weighted by atomic mass is 9.82. The van der Waals surface area contributed by atoms with Gasteiger partial charge in [-0.2, -0.15) is 0 Å². The molecule has 4 nitrogen and oxygen atoms in total. The second-order valence-corrected chi connectivity index (χ2v) is 5.58. The monoisotopic (exact) mass is 289 g/mol. The van der Waals surface area contributed by atoms with Crippen LogP contribution in [0.5, 0.6) is 0 Å². The van der Waals surface area contributed by atoms with E-state index in [0.29, 0.717) is 19.4 Å². The fourth-order valence-electron chi connectivity index (χ4n) is 2.54. The van der Waals surface area contributed by atoms with Crippen molar-refractivity contribution in [2.24, 2.45) is 5.41 Å². The molecule has 2 aromatic rings. The molecule has 21 heavy (non-hydrogen) atoms. The van der Waals surface area contributed by atoms with Crippen LogP contribution in [0.15, 0.2) is 34.7 Å². The van der Waals surface area contributed by atoms with Crippen molar-refractivity contribution in [3.05, 3.63) is 36.1 Å². The van der Waals surface area contributed by atoms with Crippen molar-refractivity contribution in [1.82, 2.24) is 5.32 Å². The second kappa shape index (κ2) is 6.31. The molecule has 4 heteroatoms. The number of benzene rings is 1. The highest BCUT2D eigenvalue weighted by Crippen LogP contribution is 2.28. The van der Waals surface area contributed by atoms with E-state index >= 15 is 0 Å². The van der Waals surface area contributed by atoms with Crippen molar-refractivity contribution in [3.63, 3.8) is 0 Å². The highest BCUT2D eigenvalue weighted by atomic mass is 16.4. The average molecular weight is 289 g/mol. The molecule has 2 rings (SSSR count). The molecule has 0 spiro atoms. The number of carboxylic acid groups (broad SMARTS) is 1. The number of carboxylic acids is 1. The Kier molecular flexibility index (Phi) is 4.68. The normalized spacial score (nSPS) is 13.5. The zero-order chi connectivity index (χ0) is 15.5. The van der Waals surface area contributed by atoms with E-state index in [1.807, 2.05) is 51.1 Å². The number of fused-ring (bicyclic) bond motifs is 1. The Hall–Kier alpha value is -1.81. The largest absolute Gasteiger partial charge is 0.481 e. The van der Waals surface area contributed by atoms with Gasteiger partial charge in [0.1, 0.15) is 11.3 Å². The molecule has 114 valence electrons. The Labute approximate surface area is 125 Å². The third kappa shape index (κ3) is 3.10. The summed E-state index contributed by atoms with van der Waals surface area (Å²) in [5.41, 5.74) is 0.150. The zero-order valence-electron chi connectivity index (χ0n) is 12.8. The van der Waals surface area contributed by atoms with E-state index in [9.17, 15) is 9.90 Å². The summed E-state index contributed by atoms with van der Waals surface area (Å²) in [6, 6.07) is 9.85. The van der Waals surface area contributed by atoms with E-state index in [4.69, 9.17) is 4.42 Å². The van der Waals surface area contributed by atoms with Crippen LogP contribution < -0.4 is 5.32 Å². The van der Waals surface area contributed by atoms with E-state index in [1.165, 1.54) is 0 Å². The molecular weight excluding hydrogens is 266 g/mol. The third-order valence-corrected chi connectivity index (χ3v) is 4.43. The fraction of sp³-hybridized carbons (Fsp3) is 0.471. The maximum Gasteiger partial charge on any atom is 0.310 e. The Bertz CT molecular complexity index is 580. The van der Waals surface area contributed by atoms with Crippen molar-refractivity contribution in [2.45, 2.75) is 39.7 Å². The van der Waals surface area contributed by atoms with Crippen LogP contribution in [-0.2, 0) is 4.79 Å². The highest BCUT2D eigenvalue weighted by Gasteiger charge is 2.35. The minimum Gasteiger partial charge on any atom is -0.481 e. The number of hydrogen-bond acceptors (Lipinski definition) is 3. The average Bonchev–Trinajstić information content (AvgIpc) is 2.92. The molecule has 1 unspecified atom stereocenters. The summed E-state index contributed by atoms with van der Waals surface area (Å²) in [7, 11) is 0. The summed E-state index contributed by atoms with van der Waals surface area (Å²) in [6.45, 7) is 6.28. The topological polar surface area (TPSA) is 62.5 Å². The van der Waals surface area contributed by atoms with Crippen LogP contribution in [0.25, 0.3) is 11.0 Å². The second-order valence-electron chi connectivity index (χ2n) is 5.58. The number of nitrogens with one attached hydrogen (secondary N) is 1. The lowest BCUT2D eigenvalue weighted by Crippen LogP contribution is -2.40. The molecular formula is C17H23NO3. The molecule has 0 fully saturated rings. The molecule has 1 aromatic heterocycles. The maximum absolute atomic E-state index is 11.5. The van der Waals surface area contributed by atoms with Gasteiger partial charge in [0.15, 0.2) is 0 Å². The van der Waals surface area contributed by atoms with Crippen molar-refractivity contribution < 1.29 is 14.3 Å². The van der Waals surface area contributed by atoms with Gasteiger partial charge in [-0.15, -0.1) is 0 Å². The van der Waals surface area contributed by atoms with E-state index in [-0.39, 0.29) is 6.04 Å². The van der Waals surface area contributed by atoms with Crippen LogP contribution in [0.1, 0.15) is 45.4 Å². The molecule has 1 aromatic carbocycles. The summed E-state index contributed by atoms with van der Waals surface area (Å²) in [5.74, 6) is 0.0968. The van der Waals surface area contributed by atoms with E-state index in [0.717, 1.165) is 16.7 Å². The fourth-order valence-corrected chi connectivity index (χ4v) is 2.54. The maximum atomic E-state index is 11.5. The summed E-state index contributed by atoms with van der Waals surface area (Å²) in [5, 5.41) is 13.8. The predicted octanol–water partition coefficient (Wildman–Crippen LogP) is 3.97. The van der Waals surface area contributed by atoms with Crippen molar-refractivity contribution in [2.75, 3.05) is 6.54 Å². The minimum atomic E-state index is -0.739. The first-order chi connectivity index (χ1) is 10.0. The number of hydrogen-bond donors (Lipinski definition) is 2. The minimum absolute atomic E-state index is 0.0192. The first-order valence-electron chi connectivity index (χ1n) is 7.47. The summed E-state index contributed by atoms with van der Waals surface area (Å²) < 4.78 is 5.81. The highest BCUT2D eigenvalue weighted by molar-refractivity contribution is 5.77. The number of furan rings is 1. The van der Waals surface area contributed by atoms with Gasteiger partial charge in [0.2, 0.25) is 0 Å². The van der Waals surface area contributed by atoms with Crippen LogP contribution in [0.2, 0.25) is 0 Å². The molecule has 2 N–H and O–H groups in total. The number of carbonyl (C=O) groups is 1. The Morgan fingerprint density at radius 3 is 2.57 bits per heavy atom. The third-order valence-electron chi connectivity index (χ3n) is 4.43. The number of para-hydroxylation sites is 1.